The van der Waals surface area contributed by atoms with E-state index in [1.165, 1.54) is 0 Å². The van der Waals surface area contributed by atoms with Crippen molar-refractivity contribution in [3.05, 3.63) is 0 Å². The molecule has 0 aliphatic heterocycles. The highest BCUT2D eigenvalue weighted by Gasteiger charge is 2.17. The Bertz CT molecular complexity index is 239. The Balaban J connectivity index is 4.19. The number of nitrogens with zero attached hydrogens (tertiary/aromatic N) is 1. The lowest BCUT2D eigenvalue weighted by molar-refractivity contribution is -0.144. The van der Waals surface area contributed by atoms with Crippen LogP contribution in [0.15, 0.2) is 0 Å². The Morgan fingerprint density at radius 1 is 1.18 bits per heavy atom. The Labute approximate surface area is 104 Å². The van der Waals surface area contributed by atoms with Gasteiger partial charge in [0.1, 0.15) is 0 Å². The van der Waals surface area contributed by atoms with Gasteiger partial charge in [0, 0.05) is 19.0 Å². The van der Waals surface area contributed by atoms with E-state index < -0.39 is 0 Å². The third-order valence-corrected chi connectivity index (χ3v) is 2.48. The van der Waals surface area contributed by atoms with Crippen molar-refractivity contribution >= 4 is 11.9 Å². The number of hydrogen-bond donors (Lipinski definition) is 0. The summed E-state index contributed by atoms with van der Waals surface area (Å²) in [6.45, 7) is 9.22. The van der Waals surface area contributed by atoms with Crippen LogP contribution in [-0.2, 0) is 14.3 Å². The normalized spacial score (nSPS) is 10.4. The number of esters is 1. The van der Waals surface area contributed by atoms with Crippen molar-refractivity contribution in [2.45, 2.75) is 47.0 Å². The highest BCUT2D eigenvalue weighted by Crippen LogP contribution is 2.05. The number of rotatable bonds is 8. The number of hydrogen-bond acceptors (Lipinski definition) is 3. The molecule has 0 aliphatic carbocycles. The lowest BCUT2D eigenvalue weighted by atomic mass is 10.1. The molecule has 0 rings (SSSR count). The second-order valence-electron chi connectivity index (χ2n) is 4.39. The predicted octanol–water partition coefficient (Wildman–Crippen LogP) is 2.22. The van der Waals surface area contributed by atoms with E-state index in [0.29, 0.717) is 13.2 Å². The summed E-state index contributed by atoms with van der Waals surface area (Å²) in [5.74, 6) is -0.137. The molecule has 100 valence electrons. The highest BCUT2D eigenvalue weighted by atomic mass is 16.5. The Morgan fingerprint density at radius 2 is 1.82 bits per heavy atom. The quantitative estimate of drug-likeness (QED) is 0.614. The van der Waals surface area contributed by atoms with Crippen molar-refractivity contribution in [2.75, 3.05) is 19.7 Å². The van der Waals surface area contributed by atoms with E-state index in [2.05, 4.69) is 6.92 Å². The third kappa shape index (κ3) is 6.97. The molecule has 0 saturated carbocycles. The van der Waals surface area contributed by atoms with Crippen LogP contribution in [-0.4, -0.2) is 36.5 Å². The van der Waals surface area contributed by atoms with E-state index in [1.807, 2.05) is 13.8 Å². The molecule has 0 saturated heterocycles. The second kappa shape index (κ2) is 9.02. The largest absolute Gasteiger partial charge is 0.466 e. The fourth-order valence-corrected chi connectivity index (χ4v) is 1.51. The van der Waals surface area contributed by atoms with Crippen LogP contribution in [0.25, 0.3) is 0 Å². The lowest BCUT2D eigenvalue weighted by Gasteiger charge is -2.24. The van der Waals surface area contributed by atoms with Gasteiger partial charge >= 0.3 is 5.97 Å². The summed E-state index contributed by atoms with van der Waals surface area (Å²) in [5.41, 5.74) is 0. The monoisotopic (exact) mass is 243 g/mol. The summed E-state index contributed by atoms with van der Waals surface area (Å²) < 4.78 is 4.86. The van der Waals surface area contributed by atoms with Crippen molar-refractivity contribution in [2.24, 2.45) is 5.92 Å². The summed E-state index contributed by atoms with van der Waals surface area (Å²) >= 11 is 0. The zero-order valence-corrected chi connectivity index (χ0v) is 11.5. The molecule has 1 amide bonds. The SMILES string of the molecule is CCCCN(CCC(=O)OCC)C(=O)C(C)C. The fourth-order valence-electron chi connectivity index (χ4n) is 1.51. The molecule has 0 radical (unpaired) electrons. The maximum absolute atomic E-state index is 11.9. The molecule has 0 bridgehead atoms. The highest BCUT2D eigenvalue weighted by molar-refractivity contribution is 5.79. The number of carbonyl (C=O) groups excluding carboxylic acids is 2. The topological polar surface area (TPSA) is 46.6 Å². The lowest BCUT2D eigenvalue weighted by Crippen LogP contribution is -2.36. The molecule has 0 aromatic heterocycles. The van der Waals surface area contributed by atoms with Crippen LogP contribution >= 0.6 is 0 Å². The van der Waals surface area contributed by atoms with Crippen molar-refractivity contribution in [3.63, 3.8) is 0 Å². The van der Waals surface area contributed by atoms with Gasteiger partial charge in [-0.15, -0.1) is 0 Å². The minimum absolute atomic E-state index is 0.0194. The van der Waals surface area contributed by atoms with Crippen LogP contribution in [0, 0.1) is 5.92 Å². The van der Waals surface area contributed by atoms with E-state index in [4.69, 9.17) is 4.74 Å². The van der Waals surface area contributed by atoms with Gasteiger partial charge in [-0.1, -0.05) is 27.2 Å². The maximum atomic E-state index is 11.9. The van der Waals surface area contributed by atoms with Gasteiger partial charge < -0.3 is 9.64 Å². The minimum Gasteiger partial charge on any atom is -0.466 e. The van der Waals surface area contributed by atoms with Gasteiger partial charge in [-0.2, -0.15) is 0 Å². The van der Waals surface area contributed by atoms with Crippen LogP contribution in [0.4, 0.5) is 0 Å². The number of carbonyl (C=O) groups is 2. The third-order valence-electron chi connectivity index (χ3n) is 2.48. The first kappa shape index (κ1) is 15.9. The second-order valence-corrected chi connectivity index (χ2v) is 4.39. The average molecular weight is 243 g/mol. The molecule has 17 heavy (non-hydrogen) atoms. The molecule has 0 fully saturated rings. The molecule has 0 spiro atoms. The van der Waals surface area contributed by atoms with Gasteiger partial charge in [-0.3, -0.25) is 9.59 Å². The number of unbranched alkanes of at least 4 members (excludes halogenated alkanes) is 1. The molecule has 0 aliphatic rings. The van der Waals surface area contributed by atoms with Gasteiger partial charge in [-0.05, 0) is 13.3 Å². The number of amides is 1. The van der Waals surface area contributed by atoms with Crippen LogP contribution in [0.5, 0.6) is 0 Å². The first-order valence-electron chi connectivity index (χ1n) is 6.47. The van der Waals surface area contributed by atoms with Crippen LogP contribution in [0.1, 0.15) is 47.0 Å². The van der Waals surface area contributed by atoms with Crippen molar-refractivity contribution in [1.29, 1.82) is 0 Å². The first-order chi connectivity index (χ1) is 8.02. The van der Waals surface area contributed by atoms with Crippen LogP contribution in [0.3, 0.4) is 0 Å². The standard InChI is InChI=1S/C13H25NO3/c1-5-7-9-14(13(16)11(3)4)10-8-12(15)17-6-2/h11H,5-10H2,1-4H3. The van der Waals surface area contributed by atoms with Gasteiger partial charge in [0.2, 0.25) is 5.91 Å². The summed E-state index contributed by atoms with van der Waals surface area (Å²) in [6.07, 6.45) is 2.30. The van der Waals surface area contributed by atoms with Crippen LogP contribution < -0.4 is 0 Å². The molecule has 0 N–H and O–H groups in total. The van der Waals surface area contributed by atoms with Crippen molar-refractivity contribution < 1.29 is 14.3 Å². The fraction of sp³-hybridized carbons (Fsp3) is 0.846. The molecule has 0 heterocycles. The van der Waals surface area contributed by atoms with Gasteiger partial charge in [0.05, 0.1) is 13.0 Å². The molecule has 0 atom stereocenters. The van der Waals surface area contributed by atoms with Gasteiger partial charge in [0.15, 0.2) is 0 Å². The zero-order chi connectivity index (χ0) is 13.3. The first-order valence-corrected chi connectivity index (χ1v) is 6.47. The maximum Gasteiger partial charge on any atom is 0.307 e. The summed E-state index contributed by atoms with van der Waals surface area (Å²) in [4.78, 5) is 24.9. The molecular formula is C13H25NO3. The molecule has 4 heteroatoms. The molecule has 0 unspecified atom stereocenters. The van der Waals surface area contributed by atoms with E-state index in [-0.39, 0.29) is 24.2 Å². The predicted molar refractivity (Wildman–Crippen MR) is 67.6 cm³/mol. The van der Waals surface area contributed by atoms with Crippen LogP contribution in [0.2, 0.25) is 0 Å². The number of ether oxygens (including phenoxy) is 1. The Hall–Kier alpha value is -1.06. The summed E-state index contributed by atoms with van der Waals surface area (Å²) in [6, 6.07) is 0. The van der Waals surface area contributed by atoms with E-state index in [0.717, 1.165) is 19.4 Å². The average Bonchev–Trinajstić information content (AvgIpc) is 2.28. The smallest absolute Gasteiger partial charge is 0.307 e. The minimum atomic E-state index is -0.231. The van der Waals surface area contributed by atoms with Gasteiger partial charge in [0.25, 0.3) is 0 Å². The molecule has 0 aromatic carbocycles. The molecule has 4 nitrogen and oxygen atoms in total. The van der Waals surface area contributed by atoms with E-state index in [1.54, 1.807) is 11.8 Å². The Kier molecular flexibility index (Phi) is 8.46. The summed E-state index contributed by atoms with van der Waals surface area (Å²) in [5, 5.41) is 0. The Morgan fingerprint density at radius 3 is 2.29 bits per heavy atom. The van der Waals surface area contributed by atoms with Crippen molar-refractivity contribution in [1.82, 2.24) is 4.90 Å². The van der Waals surface area contributed by atoms with Gasteiger partial charge in [-0.25, -0.2) is 0 Å². The molecular weight excluding hydrogens is 218 g/mol. The van der Waals surface area contributed by atoms with Crippen molar-refractivity contribution in [3.8, 4) is 0 Å². The van der Waals surface area contributed by atoms with E-state index in [9.17, 15) is 9.59 Å². The van der Waals surface area contributed by atoms with E-state index >= 15 is 0 Å². The summed E-state index contributed by atoms with van der Waals surface area (Å²) in [7, 11) is 0. The molecule has 0 aromatic rings. The zero-order valence-electron chi connectivity index (χ0n) is 11.5.